The summed E-state index contributed by atoms with van der Waals surface area (Å²) in [7, 11) is 1.62. The molecule has 0 radical (unpaired) electrons. The maximum absolute atomic E-state index is 10.7. The minimum atomic E-state index is -0.450. The third-order valence-corrected chi connectivity index (χ3v) is 2.35. The smallest absolute Gasteiger partial charge is 0.269 e. The number of nitro groups is 1. The van der Waals surface area contributed by atoms with E-state index in [0.717, 1.165) is 6.42 Å². The molecule has 3 N–H and O–H groups in total. The third kappa shape index (κ3) is 4.28. The van der Waals surface area contributed by atoms with Gasteiger partial charge in [-0.2, -0.15) is 0 Å². The number of rotatable bonds is 8. The molecule has 100 valence electrons. The molecule has 7 heteroatoms. The Labute approximate surface area is 105 Å². The molecular weight excluding hydrogens is 238 g/mol. The summed E-state index contributed by atoms with van der Waals surface area (Å²) >= 11 is 0. The predicted octanol–water partition coefficient (Wildman–Crippen LogP) is 1.43. The minimum Gasteiger partial charge on any atom is -0.385 e. The van der Waals surface area contributed by atoms with Crippen molar-refractivity contribution in [1.82, 2.24) is 0 Å². The predicted molar refractivity (Wildman–Crippen MR) is 67.1 cm³/mol. The first-order valence-corrected chi connectivity index (χ1v) is 5.49. The molecule has 0 aliphatic carbocycles. The van der Waals surface area contributed by atoms with Crippen molar-refractivity contribution in [2.75, 3.05) is 25.7 Å². The van der Waals surface area contributed by atoms with E-state index in [9.17, 15) is 10.1 Å². The number of hydrogen-bond donors (Lipinski definition) is 2. The number of methoxy groups -OCH3 is 1. The van der Waals surface area contributed by atoms with Gasteiger partial charge in [0.25, 0.3) is 5.69 Å². The highest BCUT2D eigenvalue weighted by Crippen LogP contribution is 2.22. The fourth-order valence-electron chi connectivity index (χ4n) is 1.44. The summed E-state index contributed by atoms with van der Waals surface area (Å²) in [5, 5.41) is 10.7. The van der Waals surface area contributed by atoms with Crippen LogP contribution in [-0.4, -0.2) is 25.2 Å². The Bertz CT molecular complexity index is 398. The lowest BCUT2D eigenvalue weighted by Crippen LogP contribution is -2.10. The highest BCUT2D eigenvalue weighted by Gasteiger charge is 2.10. The second kappa shape index (κ2) is 7.59. The molecule has 0 aliphatic rings. The first kappa shape index (κ1) is 14.4. The molecule has 0 atom stereocenters. The quantitative estimate of drug-likeness (QED) is 0.315. The van der Waals surface area contributed by atoms with Crippen LogP contribution in [0.2, 0.25) is 0 Å². The number of anilines is 1. The molecule has 18 heavy (non-hydrogen) atoms. The van der Waals surface area contributed by atoms with E-state index in [1.54, 1.807) is 13.2 Å². The SMILES string of the molecule is COCCCOCc1cc([N+](=O)[O-])ccc1NN. The van der Waals surface area contributed by atoms with Gasteiger partial charge in [0.1, 0.15) is 0 Å². The van der Waals surface area contributed by atoms with E-state index in [4.69, 9.17) is 15.3 Å². The van der Waals surface area contributed by atoms with Crippen molar-refractivity contribution in [3.63, 3.8) is 0 Å². The highest BCUT2D eigenvalue weighted by atomic mass is 16.6. The number of nitrogens with one attached hydrogen (secondary N) is 1. The van der Waals surface area contributed by atoms with Gasteiger partial charge in [-0.15, -0.1) is 0 Å². The van der Waals surface area contributed by atoms with Crippen molar-refractivity contribution in [3.8, 4) is 0 Å². The topological polar surface area (TPSA) is 99.6 Å². The molecule has 0 fully saturated rings. The fourth-order valence-corrected chi connectivity index (χ4v) is 1.44. The summed E-state index contributed by atoms with van der Waals surface area (Å²) in [5.41, 5.74) is 3.78. The largest absolute Gasteiger partial charge is 0.385 e. The van der Waals surface area contributed by atoms with Crippen LogP contribution in [0.15, 0.2) is 18.2 Å². The van der Waals surface area contributed by atoms with Gasteiger partial charge < -0.3 is 14.9 Å². The molecule has 1 rings (SSSR count). The van der Waals surface area contributed by atoms with Crippen LogP contribution in [0.1, 0.15) is 12.0 Å². The van der Waals surface area contributed by atoms with Crippen molar-refractivity contribution in [1.29, 1.82) is 0 Å². The molecule has 0 saturated carbocycles. The maximum atomic E-state index is 10.7. The lowest BCUT2D eigenvalue weighted by atomic mass is 10.1. The van der Waals surface area contributed by atoms with E-state index in [2.05, 4.69) is 5.43 Å². The standard InChI is InChI=1S/C11H17N3O4/c1-17-5-2-6-18-8-9-7-10(14(15)16)3-4-11(9)13-12/h3-4,7,13H,2,5-6,8,12H2,1H3. The van der Waals surface area contributed by atoms with Gasteiger partial charge in [0.15, 0.2) is 0 Å². The second-order valence-electron chi connectivity index (χ2n) is 3.64. The zero-order chi connectivity index (χ0) is 13.4. The maximum Gasteiger partial charge on any atom is 0.269 e. The summed E-state index contributed by atoms with van der Waals surface area (Å²) in [6.45, 7) is 1.42. The molecule has 1 aromatic rings. The molecule has 0 aromatic heterocycles. The first-order chi connectivity index (χ1) is 8.69. The van der Waals surface area contributed by atoms with E-state index in [1.807, 2.05) is 0 Å². The molecule has 0 spiro atoms. The average molecular weight is 255 g/mol. The van der Waals surface area contributed by atoms with Crippen LogP contribution < -0.4 is 11.3 Å². The van der Waals surface area contributed by atoms with Crippen LogP contribution in [0, 0.1) is 10.1 Å². The van der Waals surface area contributed by atoms with Crippen LogP contribution in [-0.2, 0) is 16.1 Å². The van der Waals surface area contributed by atoms with E-state index >= 15 is 0 Å². The van der Waals surface area contributed by atoms with Crippen LogP contribution in [0.3, 0.4) is 0 Å². The van der Waals surface area contributed by atoms with Crippen molar-refractivity contribution < 1.29 is 14.4 Å². The summed E-state index contributed by atoms with van der Waals surface area (Å²) < 4.78 is 10.3. The Kier molecular flexibility index (Phi) is 6.06. The van der Waals surface area contributed by atoms with Crippen LogP contribution in [0.5, 0.6) is 0 Å². The normalized spacial score (nSPS) is 10.3. The van der Waals surface area contributed by atoms with Crippen molar-refractivity contribution >= 4 is 11.4 Å². The molecule has 0 bridgehead atoms. The zero-order valence-corrected chi connectivity index (χ0v) is 10.2. The van der Waals surface area contributed by atoms with Gasteiger partial charge in [0, 0.05) is 38.0 Å². The number of benzene rings is 1. The number of hydrogen-bond acceptors (Lipinski definition) is 6. The van der Waals surface area contributed by atoms with Crippen LogP contribution in [0.4, 0.5) is 11.4 Å². The van der Waals surface area contributed by atoms with E-state index in [1.165, 1.54) is 12.1 Å². The third-order valence-electron chi connectivity index (χ3n) is 2.35. The Morgan fingerprint density at radius 2 is 2.22 bits per heavy atom. The van der Waals surface area contributed by atoms with Crippen LogP contribution in [0.25, 0.3) is 0 Å². The lowest BCUT2D eigenvalue weighted by molar-refractivity contribution is -0.384. The first-order valence-electron chi connectivity index (χ1n) is 5.49. The number of nitrogens with zero attached hydrogens (tertiary/aromatic N) is 1. The molecule has 0 unspecified atom stereocenters. The van der Waals surface area contributed by atoms with Gasteiger partial charge in [0.05, 0.1) is 17.2 Å². The van der Waals surface area contributed by atoms with Gasteiger partial charge in [-0.25, -0.2) is 0 Å². The minimum absolute atomic E-state index is 0.0180. The highest BCUT2D eigenvalue weighted by molar-refractivity contribution is 5.55. The lowest BCUT2D eigenvalue weighted by Gasteiger charge is -2.09. The summed E-state index contributed by atoms with van der Waals surface area (Å²) in [6.07, 6.45) is 0.775. The zero-order valence-electron chi connectivity index (χ0n) is 10.2. The second-order valence-corrected chi connectivity index (χ2v) is 3.64. The molecule has 0 saturated heterocycles. The van der Waals surface area contributed by atoms with Crippen molar-refractivity contribution in [2.45, 2.75) is 13.0 Å². The number of ether oxygens (including phenoxy) is 2. The van der Waals surface area contributed by atoms with Gasteiger partial charge in [-0.05, 0) is 12.5 Å². The Morgan fingerprint density at radius 3 is 2.83 bits per heavy atom. The van der Waals surface area contributed by atoms with E-state index in [0.29, 0.717) is 24.5 Å². The van der Waals surface area contributed by atoms with Gasteiger partial charge in [-0.3, -0.25) is 16.0 Å². The molecule has 7 nitrogen and oxygen atoms in total. The van der Waals surface area contributed by atoms with E-state index in [-0.39, 0.29) is 12.3 Å². The monoisotopic (exact) mass is 255 g/mol. The Morgan fingerprint density at radius 1 is 1.44 bits per heavy atom. The summed E-state index contributed by atoms with van der Waals surface area (Å²) in [6, 6.07) is 4.40. The molecular formula is C11H17N3O4. The molecule has 0 amide bonds. The van der Waals surface area contributed by atoms with Gasteiger partial charge in [0.2, 0.25) is 0 Å². The van der Waals surface area contributed by atoms with E-state index < -0.39 is 4.92 Å². The van der Waals surface area contributed by atoms with Crippen LogP contribution >= 0.6 is 0 Å². The fraction of sp³-hybridized carbons (Fsp3) is 0.455. The average Bonchev–Trinajstić information content (AvgIpc) is 2.38. The summed E-state index contributed by atoms with van der Waals surface area (Å²) in [5.74, 6) is 5.33. The number of nitro benzene ring substituents is 1. The number of nitrogen functional groups attached to an aromatic ring is 1. The Balaban J connectivity index is 2.61. The Hall–Kier alpha value is -1.70. The van der Waals surface area contributed by atoms with Crippen molar-refractivity contribution in [2.24, 2.45) is 5.84 Å². The van der Waals surface area contributed by atoms with Gasteiger partial charge >= 0.3 is 0 Å². The number of hydrazine groups is 1. The van der Waals surface area contributed by atoms with Gasteiger partial charge in [-0.1, -0.05) is 0 Å². The van der Waals surface area contributed by atoms with Crippen molar-refractivity contribution in [3.05, 3.63) is 33.9 Å². The number of non-ortho nitro benzene ring substituents is 1. The molecule has 1 aromatic carbocycles. The molecule has 0 aliphatic heterocycles. The molecule has 0 heterocycles. The number of nitrogens with two attached hydrogens (primary N) is 1. The summed E-state index contributed by atoms with van der Waals surface area (Å²) in [4.78, 5) is 10.2.